The van der Waals surface area contributed by atoms with Gasteiger partial charge in [0, 0.05) is 24.6 Å². The number of halogens is 2. The predicted molar refractivity (Wildman–Crippen MR) is 77.2 cm³/mol. The molecule has 1 heterocycles. The highest BCUT2D eigenvalue weighted by atomic mass is 79.9. The van der Waals surface area contributed by atoms with Gasteiger partial charge in [0.05, 0.1) is 11.4 Å². The molecule has 19 heavy (non-hydrogen) atoms. The van der Waals surface area contributed by atoms with Gasteiger partial charge in [0.2, 0.25) is 0 Å². The van der Waals surface area contributed by atoms with Gasteiger partial charge in [0.15, 0.2) is 0 Å². The van der Waals surface area contributed by atoms with Gasteiger partial charge in [-0.1, -0.05) is 22.9 Å². The molecule has 0 radical (unpaired) electrons. The highest BCUT2D eigenvalue weighted by molar-refractivity contribution is 9.10. The van der Waals surface area contributed by atoms with Crippen molar-refractivity contribution in [1.29, 1.82) is 0 Å². The molecule has 0 saturated heterocycles. The van der Waals surface area contributed by atoms with Gasteiger partial charge in [-0.15, -0.1) is 0 Å². The van der Waals surface area contributed by atoms with E-state index in [1.54, 1.807) is 6.07 Å². The average Bonchev–Trinajstić information content (AvgIpc) is 2.75. The number of aryl methyl sites for hydroxylation is 2. The molecule has 0 aliphatic heterocycles. The normalized spacial score (nSPS) is 10.9. The molecule has 2 rings (SSSR count). The van der Waals surface area contributed by atoms with Gasteiger partial charge in [-0.3, -0.25) is 4.68 Å². The number of nitrogens with zero attached hydrogens (tertiary/aromatic N) is 2. The van der Waals surface area contributed by atoms with E-state index in [0.717, 1.165) is 27.8 Å². The largest absolute Gasteiger partial charge is 0.307 e. The molecule has 1 aromatic carbocycles. The quantitative estimate of drug-likeness (QED) is 0.915. The molecule has 5 heteroatoms. The van der Waals surface area contributed by atoms with Crippen LogP contribution in [-0.4, -0.2) is 9.78 Å². The first-order valence-corrected chi connectivity index (χ1v) is 7.06. The van der Waals surface area contributed by atoms with Crippen molar-refractivity contribution in [1.82, 2.24) is 15.1 Å². The Kier molecular flexibility index (Phi) is 4.71. The molecule has 2 aromatic rings. The molecular weight excluding hydrogens is 309 g/mol. The lowest BCUT2D eigenvalue weighted by molar-refractivity contribution is 0.607. The summed E-state index contributed by atoms with van der Waals surface area (Å²) >= 11 is 3.42. The Hall–Kier alpha value is -1.20. The number of hydrogen-bond donors (Lipinski definition) is 1. The van der Waals surface area contributed by atoms with Crippen LogP contribution in [0.15, 0.2) is 28.7 Å². The Morgan fingerprint density at radius 1 is 1.32 bits per heavy atom. The van der Waals surface area contributed by atoms with E-state index < -0.39 is 0 Å². The van der Waals surface area contributed by atoms with Crippen LogP contribution in [0, 0.1) is 5.82 Å². The van der Waals surface area contributed by atoms with Crippen molar-refractivity contribution in [3.05, 3.63) is 51.5 Å². The van der Waals surface area contributed by atoms with Crippen molar-refractivity contribution in [3.8, 4) is 0 Å². The minimum atomic E-state index is -0.214. The predicted octanol–water partition coefficient (Wildman–Crippen LogP) is 3.17. The van der Waals surface area contributed by atoms with Gasteiger partial charge < -0.3 is 5.32 Å². The summed E-state index contributed by atoms with van der Waals surface area (Å²) < 4.78 is 15.9. The molecule has 0 spiro atoms. The first-order valence-electron chi connectivity index (χ1n) is 6.26. The van der Waals surface area contributed by atoms with Crippen LogP contribution < -0.4 is 5.32 Å². The molecule has 0 aliphatic carbocycles. The maximum Gasteiger partial charge on any atom is 0.123 e. The summed E-state index contributed by atoms with van der Waals surface area (Å²) in [5, 5.41) is 7.70. The first kappa shape index (κ1) is 14.2. The summed E-state index contributed by atoms with van der Waals surface area (Å²) in [6, 6.07) is 6.80. The summed E-state index contributed by atoms with van der Waals surface area (Å²) in [4.78, 5) is 0. The van der Waals surface area contributed by atoms with Gasteiger partial charge in [-0.2, -0.15) is 5.10 Å². The minimum absolute atomic E-state index is 0.214. The third kappa shape index (κ3) is 3.64. The second-order valence-corrected chi connectivity index (χ2v) is 5.30. The molecule has 0 fully saturated rings. The van der Waals surface area contributed by atoms with Gasteiger partial charge in [0.1, 0.15) is 5.82 Å². The van der Waals surface area contributed by atoms with E-state index in [1.165, 1.54) is 12.1 Å². The molecule has 0 atom stereocenters. The molecule has 0 saturated carbocycles. The maximum absolute atomic E-state index is 13.1. The summed E-state index contributed by atoms with van der Waals surface area (Å²) in [7, 11) is 1.94. The Morgan fingerprint density at radius 2 is 2.11 bits per heavy atom. The van der Waals surface area contributed by atoms with Gasteiger partial charge in [-0.05, 0) is 36.2 Å². The number of nitrogens with one attached hydrogen (secondary N) is 1. The zero-order valence-electron chi connectivity index (χ0n) is 11.1. The monoisotopic (exact) mass is 325 g/mol. The molecule has 0 aliphatic rings. The van der Waals surface area contributed by atoms with Crippen molar-refractivity contribution in [3.63, 3.8) is 0 Å². The smallest absolute Gasteiger partial charge is 0.123 e. The molecule has 0 bridgehead atoms. The lowest BCUT2D eigenvalue weighted by atomic mass is 10.2. The number of benzene rings is 1. The summed E-state index contributed by atoms with van der Waals surface area (Å²) in [5.41, 5.74) is 3.13. The number of rotatable bonds is 5. The van der Waals surface area contributed by atoms with Crippen molar-refractivity contribution >= 4 is 15.9 Å². The molecular formula is C14H17BrFN3. The van der Waals surface area contributed by atoms with E-state index in [-0.39, 0.29) is 5.82 Å². The number of aromatic nitrogens is 2. The summed E-state index contributed by atoms with van der Waals surface area (Å²) in [6.07, 6.45) is 0.934. The lowest BCUT2D eigenvalue weighted by Gasteiger charge is -2.07. The van der Waals surface area contributed by atoms with E-state index >= 15 is 0 Å². The molecule has 3 nitrogen and oxygen atoms in total. The zero-order chi connectivity index (χ0) is 13.8. The lowest BCUT2D eigenvalue weighted by Crippen LogP contribution is -2.15. The summed E-state index contributed by atoms with van der Waals surface area (Å²) in [5.74, 6) is -0.214. The third-order valence-corrected chi connectivity index (χ3v) is 3.79. The van der Waals surface area contributed by atoms with E-state index in [0.29, 0.717) is 13.1 Å². The molecule has 102 valence electrons. The van der Waals surface area contributed by atoms with Crippen LogP contribution in [0.25, 0.3) is 0 Å². The van der Waals surface area contributed by atoms with Crippen LogP contribution in [-0.2, 0) is 26.6 Å². The fraction of sp³-hybridized carbons (Fsp3) is 0.357. The zero-order valence-corrected chi connectivity index (χ0v) is 12.7. The Bertz CT molecular complexity index is 566. The van der Waals surface area contributed by atoms with Gasteiger partial charge >= 0.3 is 0 Å². The molecule has 1 aromatic heterocycles. The minimum Gasteiger partial charge on any atom is -0.307 e. The van der Waals surface area contributed by atoms with Crippen molar-refractivity contribution in [2.24, 2.45) is 7.05 Å². The van der Waals surface area contributed by atoms with E-state index in [4.69, 9.17) is 0 Å². The van der Waals surface area contributed by atoms with Gasteiger partial charge in [0.25, 0.3) is 0 Å². The molecule has 1 N–H and O–H groups in total. The molecule has 0 amide bonds. The Balaban J connectivity index is 1.96. The van der Waals surface area contributed by atoms with Crippen LogP contribution >= 0.6 is 15.9 Å². The fourth-order valence-corrected chi connectivity index (χ4v) is 2.30. The topological polar surface area (TPSA) is 29.9 Å². The van der Waals surface area contributed by atoms with E-state index in [1.807, 2.05) is 11.7 Å². The van der Waals surface area contributed by atoms with E-state index in [2.05, 4.69) is 39.3 Å². The van der Waals surface area contributed by atoms with Crippen LogP contribution in [0.2, 0.25) is 0 Å². The van der Waals surface area contributed by atoms with Gasteiger partial charge in [-0.25, -0.2) is 4.39 Å². The van der Waals surface area contributed by atoms with Crippen LogP contribution in [0.5, 0.6) is 0 Å². The number of hydrogen-bond acceptors (Lipinski definition) is 2. The van der Waals surface area contributed by atoms with Crippen LogP contribution in [0.1, 0.15) is 23.9 Å². The Labute approximate surface area is 121 Å². The van der Waals surface area contributed by atoms with Crippen LogP contribution in [0.3, 0.4) is 0 Å². The highest BCUT2D eigenvalue weighted by Gasteiger charge is 2.05. The van der Waals surface area contributed by atoms with Crippen molar-refractivity contribution in [2.75, 3.05) is 0 Å². The average molecular weight is 326 g/mol. The third-order valence-electron chi connectivity index (χ3n) is 3.02. The SMILES string of the molecule is CCc1cc(CNCc2cc(F)ccc2Br)n(C)n1. The second kappa shape index (κ2) is 6.30. The second-order valence-electron chi connectivity index (χ2n) is 4.44. The first-order chi connectivity index (χ1) is 9.10. The van der Waals surface area contributed by atoms with E-state index in [9.17, 15) is 4.39 Å². The molecule has 0 unspecified atom stereocenters. The summed E-state index contributed by atoms with van der Waals surface area (Å²) in [6.45, 7) is 3.42. The Morgan fingerprint density at radius 3 is 2.79 bits per heavy atom. The van der Waals surface area contributed by atoms with Crippen molar-refractivity contribution < 1.29 is 4.39 Å². The maximum atomic E-state index is 13.1. The fourth-order valence-electron chi connectivity index (χ4n) is 1.91. The highest BCUT2D eigenvalue weighted by Crippen LogP contribution is 2.17. The van der Waals surface area contributed by atoms with Crippen LogP contribution in [0.4, 0.5) is 4.39 Å². The van der Waals surface area contributed by atoms with Crippen molar-refractivity contribution in [2.45, 2.75) is 26.4 Å². The standard InChI is InChI=1S/C14H17BrFN3/c1-3-12-7-13(19(2)18-12)9-17-8-10-6-11(16)4-5-14(10)15/h4-7,17H,3,8-9H2,1-2H3.